The van der Waals surface area contributed by atoms with Crippen LogP contribution in [0.1, 0.15) is 5.56 Å². The maximum atomic E-state index is 13.7. The minimum Gasteiger partial charge on any atom is -0.366 e. The van der Waals surface area contributed by atoms with Crippen molar-refractivity contribution in [1.82, 2.24) is 15.0 Å². The maximum absolute atomic E-state index is 13.7. The van der Waals surface area contributed by atoms with Gasteiger partial charge in [0.25, 0.3) is 0 Å². The maximum Gasteiger partial charge on any atom is 0.180 e. The molecule has 122 valence electrons. The molecular weight excluding hydrogens is 315 g/mol. The fourth-order valence-corrected chi connectivity index (χ4v) is 2.57. The Morgan fingerprint density at radius 2 is 1.64 bits per heavy atom. The fourth-order valence-electron chi connectivity index (χ4n) is 2.57. The number of fused-ring (bicyclic) bond motifs is 1. The van der Waals surface area contributed by atoms with E-state index >= 15 is 0 Å². The second kappa shape index (κ2) is 6.65. The van der Waals surface area contributed by atoms with Crippen LogP contribution in [0.25, 0.3) is 22.4 Å². The molecule has 0 amide bonds. The van der Waals surface area contributed by atoms with Crippen LogP contribution in [-0.2, 0) is 6.54 Å². The fraction of sp³-hybridized carbons (Fsp3) is 0.0500. The lowest BCUT2D eigenvalue weighted by molar-refractivity contribution is 0.613. The molecule has 0 spiro atoms. The summed E-state index contributed by atoms with van der Waals surface area (Å²) in [4.78, 5) is 13.5. The van der Waals surface area contributed by atoms with Gasteiger partial charge < -0.3 is 5.32 Å². The summed E-state index contributed by atoms with van der Waals surface area (Å²) in [5.41, 5.74) is 3.62. The van der Waals surface area contributed by atoms with Crippen molar-refractivity contribution < 1.29 is 4.39 Å². The summed E-state index contributed by atoms with van der Waals surface area (Å²) in [5.74, 6) is 0.400. The number of pyridine rings is 1. The highest BCUT2D eigenvalue weighted by Gasteiger charge is 2.06. The Bertz CT molecular complexity index is 1020. The van der Waals surface area contributed by atoms with Crippen LogP contribution in [0.2, 0.25) is 0 Å². The average Bonchev–Trinajstić information content (AvgIpc) is 2.67. The lowest BCUT2D eigenvalue weighted by Crippen LogP contribution is -2.04. The first kappa shape index (κ1) is 15.2. The van der Waals surface area contributed by atoms with Gasteiger partial charge in [-0.15, -0.1) is 0 Å². The van der Waals surface area contributed by atoms with Crippen LogP contribution in [0.4, 0.5) is 10.2 Å². The molecule has 2 aromatic heterocycles. The van der Waals surface area contributed by atoms with E-state index in [-0.39, 0.29) is 5.82 Å². The molecule has 25 heavy (non-hydrogen) atoms. The van der Waals surface area contributed by atoms with Gasteiger partial charge in [0.1, 0.15) is 17.2 Å². The van der Waals surface area contributed by atoms with E-state index in [1.807, 2.05) is 48.5 Å². The predicted molar refractivity (Wildman–Crippen MR) is 96.5 cm³/mol. The molecule has 2 heterocycles. The first-order valence-corrected chi connectivity index (χ1v) is 7.96. The number of rotatable bonds is 4. The Labute approximate surface area is 144 Å². The van der Waals surface area contributed by atoms with Crippen molar-refractivity contribution in [2.45, 2.75) is 6.54 Å². The Hall–Kier alpha value is -3.34. The number of nitrogens with one attached hydrogen (secondary N) is 1. The molecule has 0 bridgehead atoms. The first-order chi connectivity index (χ1) is 12.3. The number of anilines is 1. The van der Waals surface area contributed by atoms with Crippen molar-refractivity contribution in [1.29, 1.82) is 0 Å². The van der Waals surface area contributed by atoms with Crippen molar-refractivity contribution in [3.8, 4) is 11.3 Å². The van der Waals surface area contributed by atoms with Crippen molar-refractivity contribution in [3.63, 3.8) is 0 Å². The van der Waals surface area contributed by atoms with E-state index < -0.39 is 0 Å². The van der Waals surface area contributed by atoms with E-state index in [1.54, 1.807) is 18.3 Å². The van der Waals surface area contributed by atoms with Crippen molar-refractivity contribution in [2.75, 3.05) is 5.32 Å². The smallest absolute Gasteiger partial charge is 0.180 e. The first-order valence-electron chi connectivity index (χ1n) is 7.96. The number of halogens is 1. The number of hydrogen-bond acceptors (Lipinski definition) is 4. The minimum absolute atomic E-state index is 0.234. The molecule has 4 aromatic rings. The van der Waals surface area contributed by atoms with Crippen LogP contribution in [0.5, 0.6) is 0 Å². The number of nitrogens with zero attached hydrogens (tertiary/aromatic N) is 3. The summed E-state index contributed by atoms with van der Waals surface area (Å²) < 4.78 is 13.7. The standard InChI is InChI=1S/C20H15FN4/c21-16-9-5-4-8-15(16)12-23-19-11-10-17-20(25-19)24-18(13-22-17)14-6-2-1-3-7-14/h1-11,13H,12H2,(H,23,24,25). The lowest BCUT2D eigenvalue weighted by Gasteiger charge is -2.08. The second-order valence-corrected chi connectivity index (χ2v) is 5.61. The molecule has 5 heteroatoms. The Morgan fingerprint density at radius 3 is 2.48 bits per heavy atom. The van der Waals surface area contributed by atoms with E-state index in [1.165, 1.54) is 6.07 Å². The van der Waals surface area contributed by atoms with Crippen LogP contribution in [-0.4, -0.2) is 15.0 Å². The number of benzene rings is 2. The SMILES string of the molecule is Fc1ccccc1CNc1ccc2ncc(-c3ccccc3)nc2n1. The third kappa shape index (κ3) is 3.30. The molecule has 4 nitrogen and oxygen atoms in total. The molecule has 4 rings (SSSR count). The quantitative estimate of drug-likeness (QED) is 0.601. The van der Waals surface area contributed by atoms with Gasteiger partial charge in [0.05, 0.1) is 11.9 Å². The third-order valence-corrected chi connectivity index (χ3v) is 3.89. The van der Waals surface area contributed by atoms with E-state index in [4.69, 9.17) is 0 Å². The van der Waals surface area contributed by atoms with Gasteiger partial charge >= 0.3 is 0 Å². The third-order valence-electron chi connectivity index (χ3n) is 3.89. The van der Waals surface area contributed by atoms with Crippen LogP contribution < -0.4 is 5.32 Å². The van der Waals surface area contributed by atoms with Gasteiger partial charge in [0.2, 0.25) is 0 Å². The van der Waals surface area contributed by atoms with Gasteiger partial charge in [0.15, 0.2) is 5.65 Å². The molecule has 0 aliphatic rings. The summed E-state index contributed by atoms with van der Waals surface area (Å²) in [6, 6.07) is 20.2. The van der Waals surface area contributed by atoms with Gasteiger partial charge in [0, 0.05) is 17.7 Å². The normalized spacial score (nSPS) is 10.8. The number of aromatic nitrogens is 3. The topological polar surface area (TPSA) is 50.7 Å². The monoisotopic (exact) mass is 330 g/mol. The average molecular weight is 330 g/mol. The second-order valence-electron chi connectivity index (χ2n) is 5.61. The van der Waals surface area contributed by atoms with E-state index in [0.717, 1.165) is 16.8 Å². The molecule has 0 saturated heterocycles. The summed E-state index contributed by atoms with van der Waals surface area (Å²) in [6.07, 6.45) is 1.74. The van der Waals surface area contributed by atoms with Gasteiger partial charge in [-0.1, -0.05) is 48.5 Å². The zero-order chi connectivity index (χ0) is 17.1. The van der Waals surface area contributed by atoms with Crippen LogP contribution in [0.15, 0.2) is 72.9 Å². The largest absolute Gasteiger partial charge is 0.366 e. The van der Waals surface area contributed by atoms with Gasteiger partial charge in [-0.2, -0.15) is 0 Å². The van der Waals surface area contributed by atoms with E-state index in [0.29, 0.717) is 23.6 Å². The Morgan fingerprint density at radius 1 is 0.840 bits per heavy atom. The molecule has 0 unspecified atom stereocenters. The van der Waals surface area contributed by atoms with Crippen LogP contribution in [0.3, 0.4) is 0 Å². The molecule has 1 N–H and O–H groups in total. The highest BCUT2D eigenvalue weighted by atomic mass is 19.1. The molecule has 0 aliphatic heterocycles. The van der Waals surface area contributed by atoms with Crippen molar-refractivity contribution in [3.05, 3.63) is 84.3 Å². The molecule has 0 saturated carbocycles. The van der Waals surface area contributed by atoms with E-state index in [2.05, 4.69) is 20.3 Å². The zero-order valence-electron chi connectivity index (χ0n) is 13.4. The molecule has 0 atom stereocenters. The Balaban J connectivity index is 1.61. The number of hydrogen-bond donors (Lipinski definition) is 1. The highest BCUT2D eigenvalue weighted by Crippen LogP contribution is 2.19. The van der Waals surface area contributed by atoms with Gasteiger partial charge in [-0.25, -0.2) is 14.4 Å². The molecule has 2 aromatic carbocycles. The van der Waals surface area contributed by atoms with E-state index in [9.17, 15) is 4.39 Å². The van der Waals surface area contributed by atoms with Crippen LogP contribution >= 0.6 is 0 Å². The minimum atomic E-state index is -0.234. The lowest BCUT2D eigenvalue weighted by atomic mass is 10.2. The predicted octanol–water partition coefficient (Wildman–Crippen LogP) is 4.44. The zero-order valence-corrected chi connectivity index (χ0v) is 13.4. The molecule has 0 aliphatic carbocycles. The van der Waals surface area contributed by atoms with Crippen molar-refractivity contribution >= 4 is 17.0 Å². The molecular formula is C20H15FN4. The van der Waals surface area contributed by atoms with Crippen molar-refractivity contribution in [2.24, 2.45) is 0 Å². The van der Waals surface area contributed by atoms with Crippen LogP contribution in [0, 0.1) is 5.82 Å². The molecule has 0 fully saturated rings. The summed E-state index contributed by atoms with van der Waals surface area (Å²) in [6.45, 7) is 0.358. The van der Waals surface area contributed by atoms with Gasteiger partial charge in [-0.3, -0.25) is 4.98 Å². The van der Waals surface area contributed by atoms with Gasteiger partial charge in [-0.05, 0) is 18.2 Å². The summed E-state index contributed by atoms with van der Waals surface area (Å²) in [7, 11) is 0. The highest BCUT2D eigenvalue weighted by molar-refractivity contribution is 5.75. The molecule has 0 radical (unpaired) electrons. The summed E-state index contributed by atoms with van der Waals surface area (Å²) >= 11 is 0. The summed E-state index contributed by atoms with van der Waals surface area (Å²) in [5, 5.41) is 3.13. The Kier molecular flexibility index (Phi) is 4.04.